The average molecular weight is 244 g/mol. The maximum Gasteiger partial charge on any atom is 0.241 e. The minimum absolute atomic E-state index is 0.0673. The van der Waals surface area contributed by atoms with Gasteiger partial charge in [0.25, 0.3) is 0 Å². The van der Waals surface area contributed by atoms with Crippen LogP contribution in [-0.4, -0.2) is 29.9 Å². The summed E-state index contributed by atoms with van der Waals surface area (Å²) in [5, 5.41) is 3.09. The normalized spacial score (nSPS) is 25.1. The Hall–Kier alpha value is -1.35. The van der Waals surface area contributed by atoms with Gasteiger partial charge in [-0.05, 0) is 50.4 Å². The number of benzene rings is 1. The molecule has 0 spiro atoms. The molecule has 2 aliphatic rings. The highest BCUT2D eigenvalue weighted by Crippen LogP contribution is 2.25. The summed E-state index contributed by atoms with van der Waals surface area (Å²) >= 11 is 0. The molecule has 18 heavy (non-hydrogen) atoms. The molecule has 1 aromatic rings. The van der Waals surface area contributed by atoms with Crippen LogP contribution in [-0.2, 0) is 11.2 Å². The van der Waals surface area contributed by atoms with Crippen LogP contribution in [0, 0.1) is 0 Å². The van der Waals surface area contributed by atoms with Gasteiger partial charge in [-0.15, -0.1) is 0 Å². The Balaban J connectivity index is 1.78. The molecule has 2 heterocycles. The molecule has 1 amide bonds. The topological polar surface area (TPSA) is 32.3 Å². The first-order valence-electron chi connectivity index (χ1n) is 6.97. The lowest BCUT2D eigenvalue weighted by atomic mass is 10.0. The monoisotopic (exact) mass is 244 g/mol. The van der Waals surface area contributed by atoms with Gasteiger partial charge in [0.15, 0.2) is 0 Å². The molecule has 0 bridgehead atoms. The summed E-state index contributed by atoms with van der Waals surface area (Å²) in [5.41, 5.74) is 2.27. The number of carbonyl (C=O) groups is 1. The Morgan fingerprint density at radius 2 is 1.89 bits per heavy atom. The van der Waals surface area contributed by atoms with Crippen LogP contribution >= 0.6 is 0 Å². The van der Waals surface area contributed by atoms with E-state index in [1.54, 1.807) is 0 Å². The number of rotatable bonds is 1. The van der Waals surface area contributed by atoms with Crippen molar-refractivity contribution in [2.45, 2.75) is 38.1 Å². The van der Waals surface area contributed by atoms with Crippen molar-refractivity contribution in [3.8, 4) is 0 Å². The second kappa shape index (κ2) is 5.11. The van der Waals surface area contributed by atoms with Gasteiger partial charge < -0.3 is 5.32 Å². The Morgan fingerprint density at radius 3 is 2.72 bits per heavy atom. The number of fused-ring (bicyclic) bond motifs is 1. The lowest BCUT2D eigenvalue weighted by Crippen LogP contribution is -2.46. The van der Waals surface area contributed by atoms with Crippen molar-refractivity contribution in [2.24, 2.45) is 0 Å². The third-order valence-electron chi connectivity index (χ3n) is 4.10. The number of para-hydroxylation sites is 1. The summed E-state index contributed by atoms with van der Waals surface area (Å²) in [4.78, 5) is 14.7. The molecule has 0 saturated carbocycles. The van der Waals surface area contributed by atoms with E-state index >= 15 is 0 Å². The molecule has 0 aromatic heterocycles. The zero-order chi connectivity index (χ0) is 12.4. The van der Waals surface area contributed by atoms with Crippen LogP contribution in [0.15, 0.2) is 24.3 Å². The standard InChI is InChI=1S/C15H20N2O/c18-15-14(17-10-4-1-5-11-17)9-8-12-6-2-3-7-13(12)16-15/h2-3,6-7,14H,1,4-5,8-11H2,(H,16,18). The van der Waals surface area contributed by atoms with Crippen molar-refractivity contribution in [3.05, 3.63) is 29.8 Å². The largest absolute Gasteiger partial charge is 0.324 e. The van der Waals surface area contributed by atoms with E-state index < -0.39 is 0 Å². The van der Waals surface area contributed by atoms with Crippen LogP contribution in [0.4, 0.5) is 5.69 Å². The predicted octanol–water partition coefficient (Wildman–Crippen LogP) is 2.43. The van der Waals surface area contributed by atoms with Crippen molar-refractivity contribution >= 4 is 11.6 Å². The lowest BCUT2D eigenvalue weighted by Gasteiger charge is -2.32. The molecule has 3 nitrogen and oxygen atoms in total. The van der Waals surface area contributed by atoms with E-state index in [0.29, 0.717) is 0 Å². The highest BCUT2D eigenvalue weighted by atomic mass is 16.2. The number of likely N-dealkylation sites (tertiary alicyclic amines) is 1. The number of piperidine rings is 1. The van der Waals surface area contributed by atoms with E-state index in [4.69, 9.17) is 0 Å². The fraction of sp³-hybridized carbons (Fsp3) is 0.533. The first-order chi connectivity index (χ1) is 8.84. The third-order valence-corrected chi connectivity index (χ3v) is 4.10. The molecule has 1 atom stereocenters. The van der Waals surface area contributed by atoms with Crippen molar-refractivity contribution in [1.82, 2.24) is 4.90 Å². The molecule has 0 radical (unpaired) electrons. The van der Waals surface area contributed by atoms with E-state index in [9.17, 15) is 4.79 Å². The molecule has 1 fully saturated rings. The van der Waals surface area contributed by atoms with E-state index in [1.165, 1.54) is 24.8 Å². The van der Waals surface area contributed by atoms with Crippen LogP contribution in [0.2, 0.25) is 0 Å². The quantitative estimate of drug-likeness (QED) is 0.823. The first kappa shape index (κ1) is 11.7. The number of hydrogen-bond donors (Lipinski definition) is 1. The van der Waals surface area contributed by atoms with Crippen LogP contribution in [0.25, 0.3) is 0 Å². The maximum atomic E-state index is 12.3. The van der Waals surface area contributed by atoms with E-state index in [1.807, 2.05) is 18.2 Å². The molecular weight excluding hydrogens is 224 g/mol. The van der Waals surface area contributed by atoms with Crippen molar-refractivity contribution in [3.63, 3.8) is 0 Å². The van der Waals surface area contributed by atoms with Crippen molar-refractivity contribution in [1.29, 1.82) is 0 Å². The number of nitrogens with one attached hydrogen (secondary N) is 1. The zero-order valence-electron chi connectivity index (χ0n) is 10.7. The predicted molar refractivity (Wildman–Crippen MR) is 72.6 cm³/mol. The second-order valence-electron chi connectivity index (χ2n) is 5.30. The molecule has 2 aliphatic heterocycles. The van der Waals surface area contributed by atoms with Gasteiger partial charge in [0.2, 0.25) is 5.91 Å². The Bertz CT molecular complexity index is 438. The highest BCUT2D eigenvalue weighted by molar-refractivity contribution is 5.96. The van der Waals surface area contributed by atoms with Crippen LogP contribution in [0.5, 0.6) is 0 Å². The van der Waals surface area contributed by atoms with Gasteiger partial charge in [-0.1, -0.05) is 24.6 Å². The summed E-state index contributed by atoms with van der Waals surface area (Å²) in [7, 11) is 0. The molecule has 96 valence electrons. The summed E-state index contributed by atoms with van der Waals surface area (Å²) < 4.78 is 0. The van der Waals surface area contributed by atoms with Crippen LogP contribution in [0.1, 0.15) is 31.2 Å². The smallest absolute Gasteiger partial charge is 0.241 e. The van der Waals surface area contributed by atoms with Crippen molar-refractivity contribution in [2.75, 3.05) is 18.4 Å². The van der Waals surface area contributed by atoms with Crippen LogP contribution in [0.3, 0.4) is 0 Å². The van der Waals surface area contributed by atoms with E-state index in [-0.39, 0.29) is 11.9 Å². The number of carbonyl (C=O) groups excluding carboxylic acids is 1. The molecule has 3 rings (SSSR count). The number of nitrogens with zero attached hydrogens (tertiary/aromatic N) is 1. The third kappa shape index (κ3) is 2.27. The summed E-state index contributed by atoms with van der Waals surface area (Å²) in [6, 6.07) is 8.23. The Morgan fingerprint density at radius 1 is 1.11 bits per heavy atom. The van der Waals surface area contributed by atoms with Gasteiger partial charge in [-0.3, -0.25) is 9.69 Å². The Labute approximate surface area is 108 Å². The summed E-state index contributed by atoms with van der Waals surface area (Å²) in [5.74, 6) is 0.182. The highest BCUT2D eigenvalue weighted by Gasteiger charge is 2.29. The Kier molecular flexibility index (Phi) is 3.33. The van der Waals surface area contributed by atoms with Gasteiger partial charge in [-0.25, -0.2) is 0 Å². The fourth-order valence-corrected chi connectivity index (χ4v) is 3.08. The van der Waals surface area contributed by atoms with E-state index in [2.05, 4.69) is 16.3 Å². The molecule has 1 saturated heterocycles. The zero-order valence-corrected chi connectivity index (χ0v) is 10.7. The first-order valence-corrected chi connectivity index (χ1v) is 6.97. The van der Waals surface area contributed by atoms with Gasteiger partial charge in [0.05, 0.1) is 6.04 Å². The minimum atomic E-state index is 0.0673. The second-order valence-corrected chi connectivity index (χ2v) is 5.30. The fourth-order valence-electron chi connectivity index (χ4n) is 3.08. The van der Waals surface area contributed by atoms with Gasteiger partial charge in [0, 0.05) is 5.69 Å². The molecule has 0 aliphatic carbocycles. The molecule has 1 unspecified atom stereocenters. The van der Waals surface area contributed by atoms with Crippen LogP contribution < -0.4 is 5.32 Å². The maximum absolute atomic E-state index is 12.3. The number of hydrogen-bond acceptors (Lipinski definition) is 2. The molecular formula is C15H20N2O. The lowest BCUT2D eigenvalue weighted by molar-refractivity contribution is -0.121. The average Bonchev–Trinajstić information content (AvgIpc) is 2.58. The SMILES string of the molecule is O=C1Nc2ccccc2CCC1N1CCCCC1. The number of anilines is 1. The molecule has 3 heteroatoms. The minimum Gasteiger partial charge on any atom is -0.324 e. The van der Waals surface area contributed by atoms with Gasteiger partial charge >= 0.3 is 0 Å². The van der Waals surface area contributed by atoms with E-state index in [0.717, 1.165) is 31.6 Å². The van der Waals surface area contributed by atoms with Gasteiger partial charge in [0.1, 0.15) is 0 Å². The number of amides is 1. The number of aryl methyl sites for hydroxylation is 1. The molecule has 1 N–H and O–H groups in total. The van der Waals surface area contributed by atoms with Gasteiger partial charge in [-0.2, -0.15) is 0 Å². The summed E-state index contributed by atoms with van der Waals surface area (Å²) in [6.07, 6.45) is 5.72. The summed E-state index contributed by atoms with van der Waals surface area (Å²) in [6.45, 7) is 2.16. The molecule has 1 aromatic carbocycles. The van der Waals surface area contributed by atoms with Crippen molar-refractivity contribution < 1.29 is 4.79 Å².